The Bertz CT molecular complexity index is 437. The van der Waals surface area contributed by atoms with Crippen molar-refractivity contribution < 1.29 is 0 Å². The van der Waals surface area contributed by atoms with Gasteiger partial charge < -0.3 is 5.32 Å². The molecule has 3 rings (SSSR count). The van der Waals surface area contributed by atoms with Crippen molar-refractivity contribution in [2.75, 3.05) is 6.54 Å². The van der Waals surface area contributed by atoms with Crippen LogP contribution in [0.5, 0.6) is 0 Å². The van der Waals surface area contributed by atoms with Gasteiger partial charge in [0.1, 0.15) is 0 Å². The summed E-state index contributed by atoms with van der Waals surface area (Å²) in [5.41, 5.74) is 3.00. The fraction of sp³-hybridized carbons (Fsp3) is 0.700. The van der Waals surface area contributed by atoms with E-state index in [4.69, 9.17) is 0 Å². The molecular weight excluding hydrogens is 254 g/mol. The molecule has 1 N–H and O–H groups in total. The third-order valence-corrected chi connectivity index (χ3v) is 5.35. The summed E-state index contributed by atoms with van der Waals surface area (Å²) in [5, 5.41) is 3.83. The molecular formula is C20H31N. The maximum absolute atomic E-state index is 3.83. The van der Waals surface area contributed by atoms with Crippen LogP contribution in [0.4, 0.5) is 0 Å². The zero-order chi connectivity index (χ0) is 14.8. The predicted octanol–water partition coefficient (Wildman–Crippen LogP) is 4.97. The number of hydrogen-bond acceptors (Lipinski definition) is 1. The summed E-state index contributed by atoms with van der Waals surface area (Å²) in [6, 6.07) is 10.1. The Morgan fingerprint density at radius 2 is 1.71 bits per heavy atom. The lowest BCUT2D eigenvalue weighted by atomic mass is 9.88. The van der Waals surface area contributed by atoms with Crippen molar-refractivity contribution in [3.63, 3.8) is 0 Å². The van der Waals surface area contributed by atoms with Gasteiger partial charge in [0.05, 0.1) is 0 Å². The summed E-state index contributed by atoms with van der Waals surface area (Å²) in [7, 11) is 0. The summed E-state index contributed by atoms with van der Waals surface area (Å²) in [6.45, 7) is 8.00. The van der Waals surface area contributed by atoms with E-state index in [9.17, 15) is 0 Å². The summed E-state index contributed by atoms with van der Waals surface area (Å²) >= 11 is 0. The lowest BCUT2D eigenvalue weighted by molar-refractivity contribution is 0.342. The van der Waals surface area contributed by atoms with Crippen LogP contribution in [0.15, 0.2) is 24.3 Å². The van der Waals surface area contributed by atoms with Gasteiger partial charge in [-0.3, -0.25) is 0 Å². The second-order valence-electron chi connectivity index (χ2n) is 7.76. The van der Waals surface area contributed by atoms with Gasteiger partial charge in [0, 0.05) is 6.04 Å². The van der Waals surface area contributed by atoms with E-state index in [0.717, 1.165) is 30.2 Å². The van der Waals surface area contributed by atoms with E-state index in [2.05, 4.69) is 50.4 Å². The standard InChI is InChI=1S/C20H31N/c1-4-9-21-20(19-12-17-11-18(17)13-19)16-7-5-15(6-8-16)10-14(2)3/h5-8,14,17-21H,4,9-13H2,1-3H3. The minimum absolute atomic E-state index is 0.589. The van der Waals surface area contributed by atoms with Crippen molar-refractivity contribution >= 4 is 0 Å². The normalized spacial score (nSPS) is 28.7. The Morgan fingerprint density at radius 3 is 2.29 bits per heavy atom. The predicted molar refractivity (Wildman–Crippen MR) is 90.3 cm³/mol. The van der Waals surface area contributed by atoms with Crippen molar-refractivity contribution in [1.82, 2.24) is 5.32 Å². The van der Waals surface area contributed by atoms with Gasteiger partial charge in [0.15, 0.2) is 0 Å². The molecule has 0 aromatic heterocycles. The van der Waals surface area contributed by atoms with E-state index in [-0.39, 0.29) is 0 Å². The summed E-state index contributed by atoms with van der Waals surface area (Å²) in [6.07, 6.45) is 6.85. The monoisotopic (exact) mass is 285 g/mol. The molecule has 116 valence electrons. The van der Waals surface area contributed by atoms with Crippen molar-refractivity contribution in [1.29, 1.82) is 0 Å². The molecule has 0 bridgehead atoms. The Labute approximate surface area is 130 Å². The van der Waals surface area contributed by atoms with E-state index in [0.29, 0.717) is 6.04 Å². The molecule has 2 saturated carbocycles. The second-order valence-corrected chi connectivity index (χ2v) is 7.76. The average molecular weight is 285 g/mol. The Kier molecular flexibility index (Phi) is 4.69. The van der Waals surface area contributed by atoms with E-state index >= 15 is 0 Å². The van der Waals surface area contributed by atoms with Gasteiger partial charge >= 0.3 is 0 Å². The number of nitrogens with one attached hydrogen (secondary N) is 1. The van der Waals surface area contributed by atoms with E-state index < -0.39 is 0 Å². The van der Waals surface area contributed by atoms with Crippen LogP contribution < -0.4 is 5.32 Å². The highest BCUT2D eigenvalue weighted by molar-refractivity contribution is 5.26. The van der Waals surface area contributed by atoms with Crippen LogP contribution in [0, 0.1) is 23.7 Å². The lowest BCUT2D eigenvalue weighted by Crippen LogP contribution is -2.28. The van der Waals surface area contributed by atoms with Gasteiger partial charge in [0.2, 0.25) is 0 Å². The molecule has 2 fully saturated rings. The average Bonchev–Trinajstić information content (AvgIpc) is 3.07. The smallest absolute Gasteiger partial charge is 0.0348 e. The first kappa shape index (κ1) is 15.1. The van der Waals surface area contributed by atoms with Crippen LogP contribution in [-0.4, -0.2) is 6.54 Å². The molecule has 0 aliphatic heterocycles. The lowest BCUT2D eigenvalue weighted by Gasteiger charge is -2.27. The number of hydrogen-bond donors (Lipinski definition) is 1. The molecule has 1 aromatic carbocycles. The molecule has 21 heavy (non-hydrogen) atoms. The molecule has 2 aliphatic carbocycles. The van der Waals surface area contributed by atoms with E-state index in [1.807, 2.05) is 0 Å². The molecule has 0 heterocycles. The summed E-state index contributed by atoms with van der Waals surface area (Å²) in [5.74, 6) is 3.75. The molecule has 1 aromatic rings. The number of benzene rings is 1. The van der Waals surface area contributed by atoms with Crippen molar-refractivity contribution in [2.45, 2.75) is 58.9 Å². The zero-order valence-corrected chi connectivity index (χ0v) is 13.9. The first-order chi connectivity index (χ1) is 10.2. The van der Waals surface area contributed by atoms with Crippen LogP contribution in [0.25, 0.3) is 0 Å². The molecule has 3 unspecified atom stereocenters. The van der Waals surface area contributed by atoms with Gasteiger partial charge in [-0.25, -0.2) is 0 Å². The maximum Gasteiger partial charge on any atom is 0.0348 e. The molecule has 1 heteroatoms. The van der Waals surface area contributed by atoms with E-state index in [1.54, 1.807) is 0 Å². The molecule has 0 amide bonds. The third kappa shape index (κ3) is 3.69. The minimum Gasteiger partial charge on any atom is -0.310 e. The van der Waals surface area contributed by atoms with Gasteiger partial charge in [-0.1, -0.05) is 45.0 Å². The fourth-order valence-electron chi connectivity index (χ4n) is 4.22. The van der Waals surface area contributed by atoms with Crippen molar-refractivity contribution in [3.8, 4) is 0 Å². The second kappa shape index (κ2) is 6.52. The molecule has 0 radical (unpaired) electrons. The van der Waals surface area contributed by atoms with Gasteiger partial charge in [-0.2, -0.15) is 0 Å². The largest absolute Gasteiger partial charge is 0.310 e. The first-order valence-electron chi connectivity index (χ1n) is 8.99. The number of fused-ring (bicyclic) bond motifs is 1. The SMILES string of the molecule is CCCNC(c1ccc(CC(C)C)cc1)C1CC2CC2C1. The highest BCUT2D eigenvalue weighted by Crippen LogP contribution is 2.57. The molecule has 0 spiro atoms. The maximum atomic E-state index is 3.83. The van der Waals surface area contributed by atoms with Gasteiger partial charge in [-0.05, 0) is 73.4 Å². The van der Waals surface area contributed by atoms with E-state index in [1.165, 1.54) is 43.2 Å². The van der Waals surface area contributed by atoms with Crippen LogP contribution in [0.2, 0.25) is 0 Å². The highest BCUT2D eigenvalue weighted by Gasteiger charge is 2.47. The Balaban J connectivity index is 1.69. The summed E-state index contributed by atoms with van der Waals surface area (Å²) in [4.78, 5) is 0. The molecule has 3 atom stereocenters. The highest BCUT2D eigenvalue weighted by atomic mass is 14.9. The van der Waals surface area contributed by atoms with Gasteiger partial charge in [0.25, 0.3) is 0 Å². The van der Waals surface area contributed by atoms with Gasteiger partial charge in [-0.15, -0.1) is 0 Å². The quantitative estimate of drug-likeness (QED) is 0.745. The Morgan fingerprint density at radius 1 is 1.05 bits per heavy atom. The van der Waals surface area contributed by atoms with Crippen molar-refractivity contribution in [3.05, 3.63) is 35.4 Å². The van der Waals surface area contributed by atoms with Crippen LogP contribution in [0.3, 0.4) is 0 Å². The molecule has 2 aliphatic rings. The van der Waals surface area contributed by atoms with Crippen molar-refractivity contribution in [2.24, 2.45) is 23.7 Å². The summed E-state index contributed by atoms with van der Waals surface area (Å²) < 4.78 is 0. The van der Waals surface area contributed by atoms with Crippen LogP contribution in [0.1, 0.15) is 63.6 Å². The first-order valence-corrected chi connectivity index (χ1v) is 8.99. The van der Waals surface area contributed by atoms with Crippen LogP contribution in [-0.2, 0) is 6.42 Å². The molecule has 0 saturated heterocycles. The number of rotatable bonds is 7. The minimum atomic E-state index is 0.589. The van der Waals surface area contributed by atoms with Crippen LogP contribution >= 0.6 is 0 Å². The topological polar surface area (TPSA) is 12.0 Å². The fourth-order valence-corrected chi connectivity index (χ4v) is 4.22. The molecule has 1 nitrogen and oxygen atoms in total. The zero-order valence-electron chi connectivity index (χ0n) is 13.9. The Hall–Kier alpha value is -0.820. The third-order valence-electron chi connectivity index (χ3n) is 5.35.